The smallest absolute Gasteiger partial charge is 0.243 e. The summed E-state index contributed by atoms with van der Waals surface area (Å²) in [6, 6.07) is 6.20. The summed E-state index contributed by atoms with van der Waals surface area (Å²) >= 11 is 1.17. The van der Waals surface area contributed by atoms with Crippen LogP contribution in [-0.2, 0) is 27.1 Å². The molecule has 1 fully saturated rings. The molecule has 0 aliphatic carbocycles. The number of sulfonamides is 1. The van der Waals surface area contributed by atoms with Crippen LogP contribution < -0.4 is 0 Å². The summed E-state index contributed by atoms with van der Waals surface area (Å²) in [5, 5.41) is 0.520. The maximum absolute atomic E-state index is 14.2. The fraction of sp³-hybridized carbons (Fsp3) is 0.435. The fourth-order valence-corrected chi connectivity index (χ4v) is 6.53. The van der Waals surface area contributed by atoms with E-state index < -0.39 is 27.5 Å². The van der Waals surface area contributed by atoms with Crippen molar-refractivity contribution in [1.29, 1.82) is 0 Å². The maximum atomic E-state index is 14.2. The molecule has 0 bridgehead atoms. The molecule has 0 spiro atoms. The van der Waals surface area contributed by atoms with E-state index in [1.165, 1.54) is 22.1 Å². The second-order valence-electron chi connectivity index (χ2n) is 8.03. The normalized spacial score (nSPS) is 16.7. The van der Waals surface area contributed by atoms with E-state index in [-0.39, 0.29) is 22.3 Å². The van der Waals surface area contributed by atoms with Crippen molar-refractivity contribution in [2.75, 3.05) is 19.7 Å². The first-order valence-electron chi connectivity index (χ1n) is 11.1. The molecule has 1 aromatic heterocycles. The number of thioether (sulfide) groups is 1. The zero-order chi connectivity index (χ0) is 24.5. The zero-order valence-electron chi connectivity index (χ0n) is 18.9. The third-order valence-corrected chi connectivity index (χ3v) is 8.96. The third-order valence-electron chi connectivity index (χ3n) is 5.88. The van der Waals surface area contributed by atoms with Crippen molar-refractivity contribution in [1.82, 2.24) is 13.9 Å². The summed E-state index contributed by atoms with van der Waals surface area (Å²) in [6.45, 7) is 5.44. The minimum atomic E-state index is -3.66. The van der Waals surface area contributed by atoms with Crippen LogP contribution in [-0.4, -0.2) is 48.1 Å². The van der Waals surface area contributed by atoms with Crippen LogP contribution in [0.25, 0.3) is 11.0 Å². The van der Waals surface area contributed by atoms with E-state index in [2.05, 4.69) is 4.98 Å². The van der Waals surface area contributed by atoms with Gasteiger partial charge in [0.15, 0.2) is 16.8 Å². The van der Waals surface area contributed by atoms with E-state index in [1.54, 1.807) is 26.0 Å². The first kappa shape index (κ1) is 25.0. The Bertz CT molecular complexity index is 1290. The van der Waals surface area contributed by atoms with Gasteiger partial charge < -0.3 is 9.30 Å². The summed E-state index contributed by atoms with van der Waals surface area (Å²) in [5.41, 5.74) is 1.23. The van der Waals surface area contributed by atoms with E-state index in [9.17, 15) is 21.6 Å². The molecule has 184 valence electrons. The van der Waals surface area contributed by atoms with Crippen LogP contribution in [0.15, 0.2) is 40.4 Å². The zero-order valence-corrected chi connectivity index (χ0v) is 20.6. The number of aromatic nitrogens is 2. The van der Waals surface area contributed by atoms with Crippen molar-refractivity contribution in [3.63, 3.8) is 0 Å². The topological polar surface area (TPSA) is 64.4 Å². The van der Waals surface area contributed by atoms with E-state index in [1.807, 2.05) is 4.57 Å². The number of fused-ring (bicyclic) bond motifs is 1. The molecule has 0 N–H and O–H groups in total. The second-order valence-corrected chi connectivity index (χ2v) is 10.9. The highest BCUT2D eigenvalue weighted by Crippen LogP contribution is 2.31. The lowest BCUT2D eigenvalue weighted by Crippen LogP contribution is -2.30. The van der Waals surface area contributed by atoms with Gasteiger partial charge in [-0.2, -0.15) is 4.31 Å². The highest BCUT2D eigenvalue weighted by atomic mass is 32.2. The molecule has 0 saturated carbocycles. The van der Waals surface area contributed by atoms with Gasteiger partial charge in [0, 0.05) is 37.1 Å². The van der Waals surface area contributed by atoms with Crippen molar-refractivity contribution in [3.8, 4) is 0 Å². The van der Waals surface area contributed by atoms with Gasteiger partial charge in [-0.25, -0.2) is 26.6 Å². The summed E-state index contributed by atoms with van der Waals surface area (Å²) in [6.07, 6.45) is 1.82. The monoisotopic (exact) mass is 513 g/mol. The molecule has 1 atom stereocenters. The highest BCUT2D eigenvalue weighted by Gasteiger charge is 2.25. The Morgan fingerprint density at radius 2 is 1.85 bits per heavy atom. The predicted octanol–water partition coefficient (Wildman–Crippen LogP) is 4.96. The van der Waals surface area contributed by atoms with Crippen LogP contribution >= 0.6 is 11.8 Å². The van der Waals surface area contributed by atoms with Gasteiger partial charge in [0.1, 0.15) is 5.82 Å². The molecule has 11 heteroatoms. The minimum Gasteiger partial charge on any atom is -0.376 e. The van der Waals surface area contributed by atoms with Crippen LogP contribution in [0.3, 0.4) is 0 Å². The van der Waals surface area contributed by atoms with E-state index >= 15 is 0 Å². The van der Waals surface area contributed by atoms with Crippen molar-refractivity contribution in [3.05, 3.63) is 53.3 Å². The van der Waals surface area contributed by atoms with Crippen LogP contribution in [0.1, 0.15) is 32.3 Å². The number of imidazole rings is 1. The summed E-state index contributed by atoms with van der Waals surface area (Å²) in [4.78, 5) is 4.77. The Morgan fingerprint density at radius 3 is 2.53 bits per heavy atom. The molecule has 2 heterocycles. The summed E-state index contributed by atoms with van der Waals surface area (Å²) < 4.78 is 76.1. The minimum absolute atomic E-state index is 0.0177. The molecule has 0 unspecified atom stereocenters. The molecule has 0 amide bonds. The van der Waals surface area contributed by atoms with Gasteiger partial charge in [-0.05, 0) is 37.1 Å². The van der Waals surface area contributed by atoms with Crippen molar-refractivity contribution >= 4 is 32.8 Å². The molecule has 2 aromatic carbocycles. The number of benzene rings is 2. The molecular formula is C23H26F3N3O3S2. The largest absolute Gasteiger partial charge is 0.376 e. The highest BCUT2D eigenvalue weighted by molar-refractivity contribution is 7.98. The first-order chi connectivity index (χ1) is 16.2. The van der Waals surface area contributed by atoms with Gasteiger partial charge in [0.05, 0.1) is 28.6 Å². The standard InChI is InChI=1S/C23H26F3N3O3S2/c1-3-28(4-2)34(30,31)17-7-8-22-21(11-17)27-23(29(22)13-16-6-5-9-32-16)33-14-15-10-19(25)20(26)12-18(15)24/h7-8,10-12,16H,3-6,9,13-14H2,1-2H3/t16-/m0/s1. The van der Waals surface area contributed by atoms with Gasteiger partial charge in [0.25, 0.3) is 0 Å². The molecule has 34 heavy (non-hydrogen) atoms. The number of nitrogens with zero attached hydrogens (tertiary/aromatic N) is 3. The number of ether oxygens (including phenoxy) is 1. The molecule has 1 aliphatic heterocycles. The predicted molar refractivity (Wildman–Crippen MR) is 125 cm³/mol. The SMILES string of the molecule is CCN(CC)S(=O)(=O)c1ccc2c(c1)nc(SCc1cc(F)c(F)cc1F)n2C[C@@H]1CCCO1. The van der Waals surface area contributed by atoms with Gasteiger partial charge in [-0.3, -0.25) is 0 Å². The molecule has 6 nitrogen and oxygen atoms in total. The Hall–Kier alpha value is -2.08. The quantitative estimate of drug-likeness (QED) is 0.299. The molecule has 1 aliphatic rings. The van der Waals surface area contributed by atoms with Gasteiger partial charge in [0.2, 0.25) is 10.0 Å². The van der Waals surface area contributed by atoms with Crippen molar-refractivity contribution in [2.45, 2.75) is 55.1 Å². The average Bonchev–Trinajstić information content (AvgIpc) is 3.44. The van der Waals surface area contributed by atoms with E-state index in [0.717, 1.165) is 24.4 Å². The summed E-state index contributed by atoms with van der Waals surface area (Å²) in [7, 11) is -3.66. The molecule has 4 rings (SSSR count). The fourth-order valence-electron chi connectivity index (χ4n) is 4.06. The lowest BCUT2D eigenvalue weighted by atomic mass is 10.2. The Balaban J connectivity index is 1.71. The average molecular weight is 514 g/mol. The van der Waals surface area contributed by atoms with Crippen molar-refractivity contribution in [2.24, 2.45) is 0 Å². The third kappa shape index (κ3) is 4.98. The molecular weight excluding hydrogens is 487 g/mol. The second kappa shape index (κ2) is 10.3. The Morgan fingerprint density at radius 1 is 1.12 bits per heavy atom. The van der Waals surface area contributed by atoms with Crippen LogP contribution in [0, 0.1) is 17.5 Å². The Labute approximate surface area is 201 Å². The lowest BCUT2D eigenvalue weighted by Gasteiger charge is -2.18. The van der Waals surface area contributed by atoms with Gasteiger partial charge in [-0.1, -0.05) is 25.6 Å². The number of hydrogen-bond acceptors (Lipinski definition) is 5. The van der Waals surface area contributed by atoms with E-state index in [4.69, 9.17) is 4.74 Å². The molecule has 3 aromatic rings. The van der Waals surface area contributed by atoms with Crippen LogP contribution in [0.4, 0.5) is 13.2 Å². The van der Waals surface area contributed by atoms with Crippen molar-refractivity contribution < 1.29 is 26.3 Å². The Kier molecular flexibility index (Phi) is 7.56. The molecule has 0 radical (unpaired) electrons. The van der Waals surface area contributed by atoms with Gasteiger partial charge in [-0.15, -0.1) is 0 Å². The maximum Gasteiger partial charge on any atom is 0.243 e. The summed E-state index contributed by atoms with van der Waals surface area (Å²) in [5.74, 6) is -3.15. The number of halogens is 3. The van der Waals surface area contributed by atoms with Crippen LogP contribution in [0.5, 0.6) is 0 Å². The lowest BCUT2D eigenvalue weighted by molar-refractivity contribution is 0.0960. The number of rotatable bonds is 9. The van der Waals surface area contributed by atoms with E-state index in [0.29, 0.717) is 43.0 Å². The molecule has 1 saturated heterocycles. The first-order valence-corrected chi connectivity index (χ1v) is 13.5. The number of hydrogen-bond donors (Lipinski definition) is 0. The van der Waals surface area contributed by atoms with Gasteiger partial charge >= 0.3 is 0 Å². The van der Waals surface area contributed by atoms with Crippen LogP contribution in [0.2, 0.25) is 0 Å².